The van der Waals surface area contributed by atoms with Gasteiger partial charge in [-0.05, 0) is 16.4 Å². The highest BCUT2D eigenvalue weighted by molar-refractivity contribution is 6.12. The van der Waals surface area contributed by atoms with Crippen LogP contribution in [0.3, 0.4) is 0 Å². The van der Waals surface area contributed by atoms with Crippen LogP contribution in [0.15, 0.2) is 54.7 Å². The highest BCUT2D eigenvalue weighted by atomic mass is 15.4. The Morgan fingerprint density at radius 1 is 0.720 bits per heavy atom. The standard InChI is InChI=1S/C23H27N2/c1-22(2,3)19-13-9-12-18-16-10-7-8-11-17(16)20-14-15-24(23(4,5)6)25(20)21(18)19/h7-15H,1-6H3/q+1. The molecule has 0 amide bonds. The molecule has 0 aliphatic carbocycles. The van der Waals surface area contributed by atoms with Crippen molar-refractivity contribution in [3.8, 4) is 0 Å². The number of rotatable bonds is 0. The van der Waals surface area contributed by atoms with Gasteiger partial charge in [-0.3, -0.25) is 0 Å². The van der Waals surface area contributed by atoms with Gasteiger partial charge in [-0.15, -0.1) is 9.20 Å². The van der Waals surface area contributed by atoms with E-state index in [1.165, 1.54) is 32.8 Å². The summed E-state index contributed by atoms with van der Waals surface area (Å²) < 4.78 is 4.80. The number of aromatic nitrogens is 2. The van der Waals surface area contributed by atoms with Crippen LogP contribution < -0.4 is 4.68 Å². The maximum Gasteiger partial charge on any atom is 0.197 e. The van der Waals surface area contributed by atoms with Gasteiger partial charge in [-0.25, -0.2) is 0 Å². The second kappa shape index (κ2) is 5.08. The van der Waals surface area contributed by atoms with Crippen LogP contribution in [-0.4, -0.2) is 4.52 Å². The predicted octanol–water partition coefficient (Wildman–Crippen LogP) is 5.59. The first-order chi connectivity index (χ1) is 11.7. The zero-order valence-corrected chi connectivity index (χ0v) is 16.1. The van der Waals surface area contributed by atoms with Crippen molar-refractivity contribution in [1.82, 2.24) is 4.52 Å². The number of fused-ring (bicyclic) bond motifs is 6. The van der Waals surface area contributed by atoms with E-state index >= 15 is 0 Å². The average molecular weight is 331 g/mol. The van der Waals surface area contributed by atoms with Crippen LogP contribution in [0.4, 0.5) is 0 Å². The molecule has 0 aliphatic heterocycles. The van der Waals surface area contributed by atoms with E-state index in [0.29, 0.717) is 0 Å². The number of hydrogen-bond acceptors (Lipinski definition) is 0. The molecule has 0 saturated carbocycles. The van der Waals surface area contributed by atoms with E-state index in [0.717, 1.165) is 0 Å². The van der Waals surface area contributed by atoms with Crippen molar-refractivity contribution < 1.29 is 4.68 Å². The Kier molecular flexibility index (Phi) is 3.28. The molecule has 0 spiro atoms. The van der Waals surface area contributed by atoms with Crippen molar-refractivity contribution in [3.63, 3.8) is 0 Å². The number of nitrogens with zero attached hydrogens (tertiary/aromatic N) is 2. The summed E-state index contributed by atoms with van der Waals surface area (Å²) >= 11 is 0. The molecule has 4 rings (SSSR count). The Bertz CT molecular complexity index is 1100. The average Bonchev–Trinajstić information content (AvgIpc) is 2.99. The van der Waals surface area contributed by atoms with Crippen molar-refractivity contribution in [2.24, 2.45) is 0 Å². The van der Waals surface area contributed by atoms with Crippen LogP contribution in [-0.2, 0) is 11.0 Å². The SMILES string of the molecule is CC(C)(C)c1cccc2c3ccccc3c3cc[n+](C(C)(C)C)n3c12. The Labute approximate surface area is 149 Å². The lowest BCUT2D eigenvalue weighted by Gasteiger charge is -2.23. The van der Waals surface area contributed by atoms with Gasteiger partial charge in [0.25, 0.3) is 0 Å². The lowest BCUT2D eigenvalue weighted by molar-refractivity contribution is -0.809. The summed E-state index contributed by atoms with van der Waals surface area (Å²) in [6.45, 7) is 13.7. The van der Waals surface area contributed by atoms with Crippen LogP contribution in [0.1, 0.15) is 47.1 Å². The van der Waals surface area contributed by atoms with Crippen LogP contribution in [0, 0.1) is 0 Å². The van der Waals surface area contributed by atoms with Gasteiger partial charge in [0.2, 0.25) is 0 Å². The molecule has 0 aliphatic rings. The first-order valence-corrected chi connectivity index (χ1v) is 9.07. The topological polar surface area (TPSA) is 8.29 Å². The third-order valence-electron chi connectivity index (χ3n) is 5.05. The largest absolute Gasteiger partial charge is 0.197 e. The Balaban J connectivity index is 2.38. The maximum atomic E-state index is 2.43. The number of hydrogen-bond donors (Lipinski definition) is 0. The summed E-state index contributed by atoms with van der Waals surface area (Å²) in [5.74, 6) is 0. The lowest BCUT2D eigenvalue weighted by Crippen LogP contribution is -2.54. The van der Waals surface area contributed by atoms with Crippen molar-refractivity contribution in [2.75, 3.05) is 0 Å². The zero-order chi connectivity index (χ0) is 18.0. The summed E-state index contributed by atoms with van der Waals surface area (Å²) in [4.78, 5) is 0. The minimum absolute atomic E-state index is 0.00675. The fraction of sp³-hybridized carbons (Fsp3) is 0.348. The van der Waals surface area contributed by atoms with Crippen molar-refractivity contribution in [2.45, 2.75) is 52.5 Å². The number of para-hydroxylation sites is 1. The Morgan fingerprint density at radius 3 is 2.00 bits per heavy atom. The third-order valence-corrected chi connectivity index (χ3v) is 5.05. The second-order valence-electron chi connectivity index (χ2n) is 9.03. The van der Waals surface area contributed by atoms with E-state index in [-0.39, 0.29) is 11.0 Å². The smallest absolute Gasteiger partial charge is 0.119 e. The number of benzene rings is 2. The first kappa shape index (κ1) is 16.1. The molecule has 4 aromatic rings. The molecule has 0 bridgehead atoms. The second-order valence-corrected chi connectivity index (χ2v) is 9.03. The van der Waals surface area contributed by atoms with E-state index in [2.05, 4.69) is 105 Å². The highest BCUT2D eigenvalue weighted by Crippen LogP contribution is 2.35. The molecule has 0 radical (unpaired) electrons. The van der Waals surface area contributed by atoms with Gasteiger partial charge in [-0.1, -0.05) is 63.2 Å². The predicted molar refractivity (Wildman–Crippen MR) is 106 cm³/mol. The minimum atomic E-state index is 0.00675. The van der Waals surface area contributed by atoms with E-state index < -0.39 is 0 Å². The molecule has 2 heterocycles. The molecule has 128 valence electrons. The van der Waals surface area contributed by atoms with Gasteiger partial charge in [0.05, 0.1) is 0 Å². The summed E-state index contributed by atoms with van der Waals surface area (Å²) in [5, 5.41) is 3.96. The van der Waals surface area contributed by atoms with Gasteiger partial charge >= 0.3 is 0 Å². The Hall–Kier alpha value is -2.35. The molecular formula is C23H27N2+. The molecule has 2 heteroatoms. The monoisotopic (exact) mass is 331 g/mol. The highest BCUT2D eigenvalue weighted by Gasteiger charge is 2.30. The van der Waals surface area contributed by atoms with Crippen molar-refractivity contribution in [1.29, 1.82) is 0 Å². The van der Waals surface area contributed by atoms with Crippen LogP contribution in [0.5, 0.6) is 0 Å². The van der Waals surface area contributed by atoms with E-state index in [1.54, 1.807) is 0 Å². The third kappa shape index (κ3) is 2.35. The summed E-state index contributed by atoms with van der Waals surface area (Å²) in [5.41, 5.74) is 4.06. The van der Waals surface area contributed by atoms with E-state index in [1.807, 2.05) is 0 Å². The normalized spacial score (nSPS) is 13.2. The molecule has 0 atom stereocenters. The van der Waals surface area contributed by atoms with Gasteiger partial charge in [-0.2, -0.15) is 0 Å². The van der Waals surface area contributed by atoms with Crippen LogP contribution in [0.2, 0.25) is 0 Å². The molecule has 0 unspecified atom stereocenters. The van der Waals surface area contributed by atoms with Gasteiger partial charge in [0, 0.05) is 37.6 Å². The van der Waals surface area contributed by atoms with E-state index in [4.69, 9.17) is 0 Å². The summed E-state index contributed by atoms with van der Waals surface area (Å²) in [6, 6.07) is 17.8. The quantitative estimate of drug-likeness (QED) is 0.293. The lowest BCUT2D eigenvalue weighted by atomic mass is 9.85. The summed E-state index contributed by atoms with van der Waals surface area (Å²) in [6.07, 6.45) is 2.22. The number of pyridine rings is 1. The summed E-state index contributed by atoms with van der Waals surface area (Å²) in [7, 11) is 0. The van der Waals surface area contributed by atoms with Gasteiger partial charge < -0.3 is 0 Å². The minimum Gasteiger partial charge on any atom is -0.119 e. The van der Waals surface area contributed by atoms with E-state index in [9.17, 15) is 0 Å². The van der Waals surface area contributed by atoms with Crippen LogP contribution >= 0.6 is 0 Å². The fourth-order valence-corrected chi connectivity index (χ4v) is 3.89. The van der Waals surface area contributed by atoms with Crippen molar-refractivity contribution in [3.05, 3.63) is 60.3 Å². The molecule has 2 nitrogen and oxygen atoms in total. The molecule has 2 aromatic carbocycles. The molecular weight excluding hydrogens is 304 g/mol. The van der Waals surface area contributed by atoms with Crippen LogP contribution in [0.25, 0.3) is 27.2 Å². The molecule has 2 aromatic heterocycles. The van der Waals surface area contributed by atoms with Gasteiger partial charge in [0.1, 0.15) is 11.0 Å². The molecule has 0 N–H and O–H groups in total. The fourth-order valence-electron chi connectivity index (χ4n) is 3.89. The first-order valence-electron chi connectivity index (χ1n) is 9.07. The Morgan fingerprint density at radius 2 is 1.36 bits per heavy atom. The molecule has 0 saturated heterocycles. The molecule has 25 heavy (non-hydrogen) atoms. The van der Waals surface area contributed by atoms with Crippen molar-refractivity contribution >= 4 is 27.2 Å². The zero-order valence-electron chi connectivity index (χ0n) is 16.1. The maximum absolute atomic E-state index is 2.43. The van der Waals surface area contributed by atoms with Gasteiger partial charge in [0.15, 0.2) is 11.7 Å². The molecule has 0 fully saturated rings.